The molecule has 11 nitrogen and oxygen atoms in total. The molecule has 3 rings (SSSR count). The molecule has 13 heteroatoms. The summed E-state index contributed by atoms with van der Waals surface area (Å²) in [5, 5.41) is 5.81. The SMILES string of the molecule is CCn1c(COC(=O)CS[C@H](C)C(=O)Nc2cc(C)on2)nc2cc(S(=O)(=O)N(C)C)ccc21. The Labute approximate surface area is 201 Å². The first-order valence-corrected chi connectivity index (χ1v) is 12.9. The van der Waals surface area contributed by atoms with Gasteiger partial charge in [-0.15, -0.1) is 11.8 Å². The molecule has 0 aliphatic heterocycles. The van der Waals surface area contributed by atoms with E-state index in [2.05, 4.69) is 15.5 Å². The largest absolute Gasteiger partial charge is 0.457 e. The van der Waals surface area contributed by atoms with Crippen molar-refractivity contribution in [2.75, 3.05) is 25.2 Å². The molecule has 0 spiro atoms. The molecule has 0 aliphatic carbocycles. The number of hydrogen-bond acceptors (Lipinski definition) is 9. The lowest BCUT2D eigenvalue weighted by Gasteiger charge is -2.11. The second kappa shape index (κ2) is 10.6. The van der Waals surface area contributed by atoms with Gasteiger partial charge in [0.25, 0.3) is 0 Å². The Morgan fingerprint density at radius 2 is 2.03 bits per heavy atom. The molecule has 0 saturated carbocycles. The van der Waals surface area contributed by atoms with Crippen LogP contribution in [0.1, 0.15) is 25.4 Å². The number of esters is 1. The number of hydrogen-bond donors (Lipinski definition) is 1. The van der Waals surface area contributed by atoms with Crippen molar-refractivity contribution >= 4 is 50.5 Å². The molecule has 0 aliphatic rings. The van der Waals surface area contributed by atoms with Crippen molar-refractivity contribution in [2.45, 2.75) is 44.1 Å². The minimum absolute atomic E-state index is 0.0238. The van der Waals surface area contributed by atoms with E-state index in [-0.39, 0.29) is 23.2 Å². The highest BCUT2D eigenvalue weighted by molar-refractivity contribution is 8.01. The molecule has 1 atom stereocenters. The number of fused-ring (bicyclic) bond motifs is 1. The highest BCUT2D eigenvalue weighted by atomic mass is 32.2. The van der Waals surface area contributed by atoms with Crippen molar-refractivity contribution in [3.63, 3.8) is 0 Å². The van der Waals surface area contributed by atoms with Crippen LogP contribution < -0.4 is 5.32 Å². The first-order valence-electron chi connectivity index (χ1n) is 10.5. The lowest BCUT2D eigenvalue weighted by atomic mass is 10.3. The van der Waals surface area contributed by atoms with E-state index >= 15 is 0 Å². The van der Waals surface area contributed by atoms with Crippen LogP contribution in [-0.4, -0.2) is 64.4 Å². The normalized spacial score (nSPS) is 12.8. The molecule has 0 fully saturated rings. The number of carbonyl (C=O) groups excluding carboxylic acids is 2. The lowest BCUT2D eigenvalue weighted by Crippen LogP contribution is -2.24. The third-order valence-electron chi connectivity index (χ3n) is 4.96. The summed E-state index contributed by atoms with van der Waals surface area (Å²) in [5.41, 5.74) is 1.24. The topological polar surface area (TPSA) is 137 Å². The number of sulfonamides is 1. The van der Waals surface area contributed by atoms with Crippen molar-refractivity contribution in [3.8, 4) is 0 Å². The summed E-state index contributed by atoms with van der Waals surface area (Å²) >= 11 is 1.13. The molecule has 34 heavy (non-hydrogen) atoms. The Morgan fingerprint density at radius 1 is 1.29 bits per heavy atom. The fourth-order valence-electron chi connectivity index (χ4n) is 3.10. The number of amides is 1. The zero-order valence-corrected chi connectivity index (χ0v) is 21.2. The van der Waals surface area contributed by atoms with Gasteiger partial charge in [-0.1, -0.05) is 5.16 Å². The van der Waals surface area contributed by atoms with E-state index in [4.69, 9.17) is 9.26 Å². The van der Waals surface area contributed by atoms with Crippen LogP contribution in [0.4, 0.5) is 5.82 Å². The summed E-state index contributed by atoms with van der Waals surface area (Å²) in [6.07, 6.45) is 0. The predicted molar refractivity (Wildman–Crippen MR) is 128 cm³/mol. The Kier molecular flexibility index (Phi) is 8.00. The number of rotatable bonds is 10. The fraction of sp³-hybridized carbons (Fsp3) is 0.429. The van der Waals surface area contributed by atoms with Crippen molar-refractivity contribution in [1.82, 2.24) is 19.0 Å². The smallest absolute Gasteiger partial charge is 0.316 e. The summed E-state index contributed by atoms with van der Waals surface area (Å²) in [5.74, 6) is 0.576. The van der Waals surface area contributed by atoms with Gasteiger partial charge in [-0.05, 0) is 39.0 Å². The van der Waals surface area contributed by atoms with Gasteiger partial charge in [-0.25, -0.2) is 17.7 Å². The second-order valence-corrected chi connectivity index (χ2v) is 11.1. The number of benzene rings is 1. The van der Waals surface area contributed by atoms with E-state index < -0.39 is 21.2 Å². The molecule has 0 unspecified atom stereocenters. The number of ether oxygens (including phenoxy) is 1. The summed E-state index contributed by atoms with van der Waals surface area (Å²) in [6, 6.07) is 6.34. The number of imidazole rings is 1. The van der Waals surface area contributed by atoms with Gasteiger partial charge in [-0.3, -0.25) is 9.59 Å². The van der Waals surface area contributed by atoms with Gasteiger partial charge in [0.15, 0.2) is 5.82 Å². The van der Waals surface area contributed by atoms with Crippen LogP contribution in [0.2, 0.25) is 0 Å². The first-order chi connectivity index (χ1) is 16.0. The van der Waals surface area contributed by atoms with Crippen molar-refractivity contribution in [1.29, 1.82) is 0 Å². The van der Waals surface area contributed by atoms with Gasteiger partial charge in [0.1, 0.15) is 18.2 Å². The van der Waals surface area contributed by atoms with Crippen molar-refractivity contribution in [3.05, 3.63) is 35.9 Å². The molecule has 2 aromatic heterocycles. The van der Waals surface area contributed by atoms with Crippen LogP contribution >= 0.6 is 11.8 Å². The molecule has 1 aromatic carbocycles. The molecule has 0 bridgehead atoms. The van der Waals surface area contributed by atoms with E-state index in [1.54, 1.807) is 26.0 Å². The van der Waals surface area contributed by atoms with E-state index in [1.807, 2.05) is 11.5 Å². The molecule has 184 valence electrons. The van der Waals surface area contributed by atoms with Crippen LogP contribution in [0.25, 0.3) is 11.0 Å². The molecule has 1 amide bonds. The minimum atomic E-state index is -3.59. The maximum atomic E-state index is 12.4. The highest BCUT2D eigenvalue weighted by Crippen LogP contribution is 2.23. The molecule has 0 radical (unpaired) electrons. The summed E-state index contributed by atoms with van der Waals surface area (Å²) in [4.78, 5) is 29.1. The zero-order valence-electron chi connectivity index (χ0n) is 19.6. The number of carbonyl (C=O) groups is 2. The van der Waals surface area contributed by atoms with Gasteiger partial charge in [0, 0.05) is 26.7 Å². The fourth-order valence-corrected chi connectivity index (χ4v) is 4.70. The number of aryl methyl sites for hydroxylation is 2. The average Bonchev–Trinajstić information content (AvgIpc) is 3.37. The Hall–Kier alpha value is -2.90. The van der Waals surface area contributed by atoms with Gasteiger partial charge < -0.3 is 19.1 Å². The quantitative estimate of drug-likeness (QED) is 0.408. The van der Waals surface area contributed by atoms with Gasteiger partial charge in [0.05, 0.1) is 26.9 Å². The number of aromatic nitrogens is 3. The van der Waals surface area contributed by atoms with E-state index in [1.165, 1.54) is 26.2 Å². The first kappa shape index (κ1) is 25.7. The summed E-state index contributed by atoms with van der Waals surface area (Å²) < 4.78 is 38.1. The van der Waals surface area contributed by atoms with E-state index in [0.717, 1.165) is 21.6 Å². The Bertz CT molecular complexity index is 1300. The minimum Gasteiger partial charge on any atom is -0.457 e. The average molecular weight is 510 g/mol. The summed E-state index contributed by atoms with van der Waals surface area (Å²) in [7, 11) is -0.661. The number of thioether (sulfide) groups is 1. The van der Waals surface area contributed by atoms with Crippen LogP contribution in [0, 0.1) is 6.92 Å². The van der Waals surface area contributed by atoms with E-state index in [0.29, 0.717) is 29.5 Å². The monoisotopic (exact) mass is 509 g/mol. The van der Waals surface area contributed by atoms with Gasteiger partial charge in [-0.2, -0.15) is 0 Å². The number of nitrogens with zero attached hydrogens (tertiary/aromatic N) is 4. The second-order valence-electron chi connectivity index (χ2n) is 7.64. The third-order valence-corrected chi connectivity index (χ3v) is 7.88. The molecule has 3 aromatic rings. The maximum Gasteiger partial charge on any atom is 0.316 e. The molecule has 1 N–H and O–H groups in total. The standard InChI is InChI=1S/C21H27N5O6S2/c1-6-26-17-8-7-15(34(29,30)25(4)5)10-16(17)22-19(26)11-31-20(27)12-33-14(3)21(28)23-18-9-13(2)32-24-18/h7-10,14H,6,11-12H2,1-5H3,(H,23,24,28)/t14-/m1/s1. The van der Waals surface area contributed by atoms with Crippen LogP contribution in [0.3, 0.4) is 0 Å². The van der Waals surface area contributed by atoms with Gasteiger partial charge >= 0.3 is 5.97 Å². The van der Waals surface area contributed by atoms with E-state index in [9.17, 15) is 18.0 Å². The Morgan fingerprint density at radius 3 is 2.65 bits per heavy atom. The van der Waals surface area contributed by atoms with Crippen molar-refractivity contribution < 1.29 is 27.3 Å². The maximum absolute atomic E-state index is 12.4. The molecule has 0 saturated heterocycles. The number of anilines is 1. The molecule has 2 heterocycles. The molecular weight excluding hydrogens is 482 g/mol. The zero-order chi connectivity index (χ0) is 25.0. The lowest BCUT2D eigenvalue weighted by molar-refractivity contribution is -0.142. The Balaban J connectivity index is 1.60. The van der Waals surface area contributed by atoms with Crippen LogP contribution in [-0.2, 0) is 37.5 Å². The van der Waals surface area contributed by atoms with Crippen LogP contribution in [0.5, 0.6) is 0 Å². The number of nitrogens with one attached hydrogen (secondary N) is 1. The summed E-state index contributed by atoms with van der Waals surface area (Å²) in [6.45, 7) is 5.81. The van der Waals surface area contributed by atoms with Gasteiger partial charge in [0.2, 0.25) is 15.9 Å². The predicted octanol–water partition coefficient (Wildman–Crippen LogP) is 2.41. The highest BCUT2D eigenvalue weighted by Gasteiger charge is 2.21. The third kappa shape index (κ3) is 5.77. The van der Waals surface area contributed by atoms with Crippen LogP contribution in [0.15, 0.2) is 33.7 Å². The molecular formula is C21H27N5O6S2. The van der Waals surface area contributed by atoms with Crippen molar-refractivity contribution in [2.24, 2.45) is 0 Å².